The summed E-state index contributed by atoms with van der Waals surface area (Å²) in [6.45, 7) is 4.34. The molecule has 3 heterocycles. The lowest BCUT2D eigenvalue weighted by atomic mass is 10.1. The summed E-state index contributed by atoms with van der Waals surface area (Å²) in [7, 11) is 1.37. The number of benzene rings is 2. The number of hydrogen-bond donors (Lipinski definition) is 0. The molecule has 1 saturated heterocycles. The molecule has 0 saturated carbocycles. The van der Waals surface area contributed by atoms with Gasteiger partial charge >= 0.3 is 0 Å². The summed E-state index contributed by atoms with van der Waals surface area (Å²) < 4.78 is 54.6. The Morgan fingerprint density at radius 3 is 2.62 bits per heavy atom. The zero-order valence-electron chi connectivity index (χ0n) is 19.9. The maximum Gasteiger partial charge on any atom is 0.267 e. The fourth-order valence-corrected chi connectivity index (χ4v) is 4.55. The molecule has 1 aliphatic rings. The van der Waals surface area contributed by atoms with Gasteiger partial charge in [-0.2, -0.15) is 9.49 Å². The van der Waals surface area contributed by atoms with Crippen LogP contribution in [0.1, 0.15) is 24.5 Å². The van der Waals surface area contributed by atoms with E-state index in [9.17, 15) is 18.0 Å². The molecule has 190 valence electrons. The number of halogens is 3. The Bertz CT molecular complexity index is 1470. The lowest BCUT2D eigenvalue weighted by Gasteiger charge is -2.16. The van der Waals surface area contributed by atoms with Crippen molar-refractivity contribution in [3.63, 3.8) is 0 Å². The van der Waals surface area contributed by atoms with Crippen LogP contribution >= 0.6 is 0 Å². The first-order valence-corrected chi connectivity index (χ1v) is 11.6. The predicted octanol–water partition coefficient (Wildman–Crippen LogP) is 5.94. The average molecular weight is 509 g/mol. The largest absolute Gasteiger partial charge is 0.494 e. The van der Waals surface area contributed by atoms with Gasteiger partial charge in [-0.15, -0.1) is 0 Å². The van der Waals surface area contributed by atoms with Crippen molar-refractivity contribution in [3.8, 4) is 28.5 Å². The van der Waals surface area contributed by atoms with Gasteiger partial charge in [0.25, 0.3) is 6.43 Å². The average Bonchev–Trinajstić information content (AvgIpc) is 3.55. The third-order valence-corrected chi connectivity index (χ3v) is 6.37. The fraction of sp³-hybridized carbons (Fsp3) is 0.222. The number of fused-ring (bicyclic) bond motifs is 1. The lowest BCUT2D eigenvalue weighted by Crippen LogP contribution is -2.27. The molecule has 0 N–H and O–H groups in total. The van der Waals surface area contributed by atoms with Gasteiger partial charge in [-0.3, -0.25) is 14.5 Å². The molecule has 1 amide bonds. The zero-order valence-corrected chi connectivity index (χ0v) is 19.9. The molecule has 7 nitrogen and oxygen atoms in total. The number of methoxy groups -OCH3 is 1. The number of pyridine rings is 1. The summed E-state index contributed by atoms with van der Waals surface area (Å²) >= 11 is 0. The van der Waals surface area contributed by atoms with Gasteiger partial charge in [-0.05, 0) is 48.9 Å². The van der Waals surface area contributed by atoms with Crippen LogP contribution in [0.3, 0.4) is 0 Å². The van der Waals surface area contributed by atoms with E-state index in [0.717, 1.165) is 6.20 Å². The molecule has 1 atom stereocenters. The summed E-state index contributed by atoms with van der Waals surface area (Å²) in [6.07, 6.45) is 1.72. The van der Waals surface area contributed by atoms with E-state index in [1.54, 1.807) is 39.9 Å². The van der Waals surface area contributed by atoms with Crippen LogP contribution in [0.2, 0.25) is 0 Å². The Kier molecular flexibility index (Phi) is 6.56. The molecule has 0 bridgehead atoms. The fourth-order valence-electron chi connectivity index (χ4n) is 4.55. The number of carbonyl (C=O) groups is 1. The monoisotopic (exact) mass is 508 g/mol. The quantitative estimate of drug-likeness (QED) is 0.289. The highest BCUT2D eigenvalue weighted by atomic mass is 19.3. The van der Waals surface area contributed by atoms with Crippen LogP contribution in [-0.2, 0) is 4.79 Å². The zero-order chi connectivity index (χ0) is 26.1. The van der Waals surface area contributed by atoms with Crippen LogP contribution in [-0.4, -0.2) is 45.8 Å². The molecule has 0 spiro atoms. The first-order valence-electron chi connectivity index (χ1n) is 11.6. The van der Waals surface area contributed by atoms with E-state index >= 15 is 0 Å². The van der Waals surface area contributed by atoms with Crippen molar-refractivity contribution in [3.05, 3.63) is 78.9 Å². The summed E-state index contributed by atoms with van der Waals surface area (Å²) in [5.74, 6) is -0.385. The minimum absolute atomic E-state index is 0.00691. The van der Waals surface area contributed by atoms with Gasteiger partial charge in [0.15, 0.2) is 11.5 Å². The molecule has 2 aromatic carbocycles. The second kappa shape index (κ2) is 9.96. The van der Waals surface area contributed by atoms with Crippen molar-refractivity contribution in [2.24, 2.45) is 0 Å². The number of rotatable bonds is 7. The first-order chi connectivity index (χ1) is 17.9. The maximum atomic E-state index is 14.5. The number of nitrogens with zero attached hydrogens (tertiary/aromatic N) is 4. The summed E-state index contributed by atoms with van der Waals surface area (Å²) in [5, 5.41) is 5.19. The number of amides is 1. The Balaban J connectivity index is 1.51. The van der Waals surface area contributed by atoms with Crippen LogP contribution in [0.4, 0.5) is 13.2 Å². The molecular weight excluding hydrogens is 485 g/mol. The molecule has 10 heteroatoms. The number of hydrogen-bond acceptors (Lipinski definition) is 5. The van der Waals surface area contributed by atoms with Crippen molar-refractivity contribution >= 4 is 16.8 Å². The van der Waals surface area contributed by atoms with Gasteiger partial charge in [-0.1, -0.05) is 12.6 Å². The first kappa shape index (κ1) is 24.4. The highest BCUT2D eigenvalue weighted by Crippen LogP contribution is 2.38. The van der Waals surface area contributed by atoms with Crippen LogP contribution in [0.15, 0.2) is 67.5 Å². The van der Waals surface area contributed by atoms with Crippen molar-refractivity contribution in [1.29, 1.82) is 0 Å². The van der Waals surface area contributed by atoms with Gasteiger partial charge in [0, 0.05) is 36.4 Å². The van der Waals surface area contributed by atoms with E-state index in [1.807, 2.05) is 0 Å². The van der Waals surface area contributed by atoms with Crippen LogP contribution in [0.5, 0.6) is 17.2 Å². The van der Waals surface area contributed by atoms with Crippen molar-refractivity contribution in [2.75, 3.05) is 20.2 Å². The van der Waals surface area contributed by atoms with Crippen LogP contribution < -0.4 is 9.47 Å². The van der Waals surface area contributed by atoms with Crippen molar-refractivity contribution < 1.29 is 27.4 Å². The molecule has 1 aliphatic heterocycles. The maximum absolute atomic E-state index is 14.5. The Morgan fingerprint density at radius 1 is 1.16 bits per heavy atom. The van der Waals surface area contributed by atoms with E-state index in [0.29, 0.717) is 41.9 Å². The third kappa shape index (κ3) is 4.50. The van der Waals surface area contributed by atoms with Crippen molar-refractivity contribution in [2.45, 2.75) is 18.9 Å². The van der Waals surface area contributed by atoms with E-state index in [-0.39, 0.29) is 34.5 Å². The number of alkyl halides is 2. The molecule has 5 rings (SSSR count). The summed E-state index contributed by atoms with van der Waals surface area (Å²) in [6, 6.07) is 11.0. The number of likely N-dealkylation sites (tertiary alicyclic amines) is 1. The number of aromatic nitrogens is 3. The second-order valence-electron chi connectivity index (χ2n) is 8.55. The van der Waals surface area contributed by atoms with Gasteiger partial charge in [0.2, 0.25) is 11.7 Å². The minimum Gasteiger partial charge on any atom is -0.494 e. The third-order valence-electron chi connectivity index (χ3n) is 6.37. The molecule has 0 unspecified atom stereocenters. The van der Waals surface area contributed by atoms with E-state index in [4.69, 9.17) is 14.6 Å². The van der Waals surface area contributed by atoms with Gasteiger partial charge in [0.05, 0.1) is 24.2 Å². The molecule has 2 aromatic heterocycles. The Labute approximate surface area is 210 Å². The van der Waals surface area contributed by atoms with Gasteiger partial charge in [-0.25, -0.2) is 8.78 Å². The van der Waals surface area contributed by atoms with Gasteiger partial charge < -0.3 is 14.4 Å². The van der Waals surface area contributed by atoms with E-state index < -0.39 is 12.2 Å². The highest BCUT2D eigenvalue weighted by Gasteiger charge is 2.31. The lowest BCUT2D eigenvalue weighted by molar-refractivity contribution is -0.125. The Hall–Kier alpha value is -4.34. The number of ether oxygens (including phenoxy) is 2. The molecule has 1 fully saturated rings. The topological polar surface area (TPSA) is 69.5 Å². The Morgan fingerprint density at radius 2 is 1.92 bits per heavy atom. The molecule has 37 heavy (non-hydrogen) atoms. The second-order valence-corrected chi connectivity index (χ2v) is 8.55. The highest BCUT2D eigenvalue weighted by molar-refractivity contribution is 5.95. The number of carbonyl (C=O) groups excluding carboxylic acids is 1. The smallest absolute Gasteiger partial charge is 0.267 e. The molecule has 4 aromatic rings. The molecule has 0 radical (unpaired) electrons. The van der Waals surface area contributed by atoms with Crippen LogP contribution in [0.25, 0.3) is 22.2 Å². The molecular formula is C27H23F3N4O3. The minimum atomic E-state index is -2.75. The standard InChI is InChI=1S/C27H23F3N4O3/c1-3-23(35)33-12-11-17(15-33)34-26-19(13-31-14-20(26)27(29)30)25(32-34)16-7-9-18(10-8-16)37-22-6-4-5-21(36-2)24(22)28/h3-10,13-14,17,27H,1,11-12,15H2,2H3/t17-/m1/s1. The normalized spacial score (nSPS) is 15.4. The summed E-state index contributed by atoms with van der Waals surface area (Å²) in [5.41, 5.74) is 1.18. The predicted molar refractivity (Wildman–Crippen MR) is 131 cm³/mol. The van der Waals surface area contributed by atoms with E-state index in [1.165, 1.54) is 31.5 Å². The van der Waals surface area contributed by atoms with Crippen LogP contribution in [0, 0.1) is 5.82 Å². The molecule has 0 aliphatic carbocycles. The SMILES string of the molecule is C=CC(=O)N1CC[C@@H](n2nc(-c3ccc(Oc4cccc(OC)c4F)cc3)c3cncc(C(F)F)c32)C1. The van der Waals surface area contributed by atoms with Gasteiger partial charge in [0.1, 0.15) is 11.4 Å². The summed E-state index contributed by atoms with van der Waals surface area (Å²) in [4.78, 5) is 17.7. The van der Waals surface area contributed by atoms with Crippen molar-refractivity contribution in [1.82, 2.24) is 19.7 Å². The van der Waals surface area contributed by atoms with E-state index in [2.05, 4.69) is 11.6 Å².